The molecule has 0 unspecified atom stereocenters. The third-order valence-electron chi connectivity index (χ3n) is 5.57. The van der Waals surface area contributed by atoms with Crippen molar-refractivity contribution in [1.29, 1.82) is 0 Å². The van der Waals surface area contributed by atoms with Crippen molar-refractivity contribution in [3.8, 4) is 11.5 Å². The number of hydrogen-bond acceptors (Lipinski definition) is 6. The zero-order valence-electron chi connectivity index (χ0n) is 23.2. The van der Waals surface area contributed by atoms with Crippen LogP contribution in [0.3, 0.4) is 0 Å². The summed E-state index contributed by atoms with van der Waals surface area (Å²) in [5.41, 5.74) is -0.0234. The van der Waals surface area contributed by atoms with Crippen molar-refractivity contribution in [2.75, 3.05) is 13.2 Å². The minimum Gasteiger partial charge on any atom is -0.481 e. The molecule has 0 heterocycles. The Balaban J connectivity index is 2.07. The lowest BCUT2D eigenvalue weighted by Crippen LogP contribution is -2.27. The zero-order valence-corrected chi connectivity index (χ0v) is 23.2. The Hall–Kier alpha value is -3.28. The Kier molecular flexibility index (Phi) is 9.06. The van der Waals surface area contributed by atoms with Crippen LogP contribution in [0, 0.1) is 0 Å². The first-order valence-corrected chi connectivity index (χ1v) is 13.0. The molecule has 0 N–H and O–H groups in total. The third-order valence-corrected chi connectivity index (χ3v) is 5.57. The van der Waals surface area contributed by atoms with E-state index in [9.17, 15) is 9.59 Å². The molecule has 0 aromatic heterocycles. The van der Waals surface area contributed by atoms with E-state index in [4.69, 9.17) is 18.9 Å². The lowest BCUT2D eigenvalue weighted by Gasteiger charge is -2.22. The van der Waals surface area contributed by atoms with Gasteiger partial charge in [-0.1, -0.05) is 56.2 Å². The van der Waals surface area contributed by atoms with Crippen LogP contribution in [0.5, 0.6) is 11.5 Å². The molecule has 0 radical (unpaired) electrons. The average molecular weight is 509 g/mol. The molecule has 0 amide bonds. The molecule has 0 bridgehead atoms. The summed E-state index contributed by atoms with van der Waals surface area (Å²) in [6.07, 6.45) is 4.33. The fourth-order valence-electron chi connectivity index (χ4n) is 4.20. The number of carbonyl (C=O) groups excluding carboxylic acids is 2. The number of aryl methyl sites for hydroxylation is 1. The van der Waals surface area contributed by atoms with Gasteiger partial charge in [0.2, 0.25) is 0 Å². The number of esters is 2. The monoisotopic (exact) mass is 508 g/mol. The van der Waals surface area contributed by atoms with E-state index in [1.54, 1.807) is 0 Å². The Morgan fingerprint density at radius 1 is 0.676 bits per heavy atom. The van der Waals surface area contributed by atoms with Crippen molar-refractivity contribution in [3.63, 3.8) is 0 Å². The Morgan fingerprint density at radius 3 is 1.65 bits per heavy atom. The molecule has 0 atom stereocenters. The van der Waals surface area contributed by atoms with Crippen LogP contribution < -0.4 is 9.47 Å². The van der Waals surface area contributed by atoms with Gasteiger partial charge in [0, 0.05) is 21.5 Å². The lowest BCUT2D eigenvalue weighted by atomic mass is 9.97. The molecular formula is C31H40O6. The molecule has 200 valence electrons. The van der Waals surface area contributed by atoms with E-state index in [2.05, 4.69) is 19.1 Å². The van der Waals surface area contributed by atoms with Crippen LogP contribution in [-0.2, 0) is 25.5 Å². The molecule has 6 nitrogen and oxygen atoms in total. The van der Waals surface area contributed by atoms with Crippen molar-refractivity contribution in [2.24, 2.45) is 0 Å². The van der Waals surface area contributed by atoms with Gasteiger partial charge in [-0.3, -0.25) is 0 Å². The number of hydrogen-bond donors (Lipinski definition) is 0. The SMILES string of the molecule is CCCCCc1ccc2c(OCC(=O)OC(C)(C)C)c3ccccc3c(OCC(=O)OC(C)(C)C)c2c1. The molecule has 3 aromatic rings. The van der Waals surface area contributed by atoms with Crippen molar-refractivity contribution in [2.45, 2.75) is 85.4 Å². The summed E-state index contributed by atoms with van der Waals surface area (Å²) in [5, 5.41) is 3.22. The number of fused-ring (bicyclic) bond motifs is 2. The van der Waals surface area contributed by atoms with Gasteiger partial charge in [0.15, 0.2) is 13.2 Å². The zero-order chi connectivity index (χ0) is 27.2. The minimum atomic E-state index is -0.601. The predicted octanol–water partition coefficient (Wildman–Crippen LogP) is 7.17. The summed E-state index contributed by atoms with van der Waals surface area (Å²) in [6.45, 7) is 12.7. The van der Waals surface area contributed by atoms with Gasteiger partial charge >= 0.3 is 11.9 Å². The van der Waals surface area contributed by atoms with Gasteiger partial charge in [0.05, 0.1) is 0 Å². The van der Waals surface area contributed by atoms with Crippen LogP contribution in [0.4, 0.5) is 0 Å². The fourth-order valence-corrected chi connectivity index (χ4v) is 4.20. The number of unbranched alkanes of at least 4 members (excludes halogenated alkanes) is 2. The second-order valence-corrected chi connectivity index (χ2v) is 11.3. The topological polar surface area (TPSA) is 71.1 Å². The van der Waals surface area contributed by atoms with Crippen molar-refractivity contribution < 1.29 is 28.5 Å². The smallest absolute Gasteiger partial charge is 0.344 e. The first-order valence-electron chi connectivity index (χ1n) is 13.0. The largest absolute Gasteiger partial charge is 0.481 e. The predicted molar refractivity (Wildman–Crippen MR) is 147 cm³/mol. The van der Waals surface area contributed by atoms with E-state index in [1.807, 2.05) is 71.9 Å². The summed E-state index contributed by atoms with van der Waals surface area (Å²) in [4.78, 5) is 24.9. The van der Waals surface area contributed by atoms with Gasteiger partial charge in [-0.2, -0.15) is 0 Å². The summed E-state index contributed by atoms with van der Waals surface area (Å²) >= 11 is 0. The maximum atomic E-state index is 12.5. The van der Waals surface area contributed by atoms with Gasteiger partial charge < -0.3 is 18.9 Å². The van der Waals surface area contributed by atoms with Crippen LogP contribution in [0.2, 0.25) is 0 Å². The van der Waals surface area contributed by atoms with Gasteiger partial charge in [0.25, 0.3) is 0 Å². The highest BCUT2D eigenvalue weighted by Crippen LogP contribution is 2.43. The van der Waals surface area contributed by atoms with Crippen molar-refractivity contribution in [3.05, 3.63) is 48.0 Å². The van der Waals surface area contributed by atoms with Gasteiger partial charge in [0.1, 0.15) is 22.7 Å². The second-order valence-electron chi connectivity index (χ2n) is 11.3. The van der Waals surface area contributed by atoms with Gasteiger partial charge in [-0.25, -0.2) is 9.59 Å². The molecule has 6 heteroatoms. The van der Waals surface area contributed by atoms with Crippen LogP contribution in [0.15, 0.2) is 42.5 Å². The first-order chi connectivity index (χ1) is 17.4. The molecular weight excluding hydrogens is 468 g/mol. The molecule has 3 rings (SSSR count). The molecule has 0 aliphatic carbocycles. The van der Waals surface area contributed by atoms with E-state index in [1.165, 1.54) is 5.56 Å². The average Bonchev–Trinajstić information content (AvgIpc) is 2.79. The molecule has 0 aliphatic rings. The number of carbonyl (C=O) groups is 2. The third kappa shape index (κ3) is 8.11. The number of benzene rings is 3. The normalized spacial score (nSPS) is 12.0. The van der Waals surface area contributed by atoms with E-state index >= 15 is 0 Å². The Morgan fingerprint density at radius 2 is 1.16 bits per heavy atom. The fraction of sp³-hybridized carbons (Fsp3) is 0.484. The highest BCUT2D eigenvalue weighted by atomic mass is 16.6. The molecule has 0 aliphatic heterocycles. The minimum absolute atomic E-state index is 0.214. The summed E-state index contributed by atoms with van der Waals surface area (Å²) < 4.78 is 23.2. The number of rotatable bonds is 10. The maximum absolute atomic E-state index is 12.5. The highest BCUT2D eigenvalue weighted by molar-refractivity contribution is 6.11. The highest BCUT2D eigenvalue weighted by Gasteiger charge is 2.22. The van der Waals surface area contributed by atoms with E-state index in [0.29, 0.717) is 11.5 Å². The second kappa shape index (κ2) is 11.8. The Bertz CT molecular complexity index is 1250. The van der Waals surface area contributed by atoms with Crippen LogP contribution >= 0.6 is 0 Å². The molecule has 0 saturated heterocycles. The lowest BCUT2D eigenvalue weighted by molar-refractivity contribution is -0.158. The van der Waals surface area contributed by atoms with Gasteiger partial charge in [-0.15, -0.1) is 0 Å². The van der Waals surface area contributed by atoms with Crippen molar-refractivity contribution >= 4 is 33.5 Å². The maximum Gasteiger partial charge on any atom is 0.344 e. The molecule has 0 spiro atoms. The first kappa shape index (κ1) is 28.3. The summed E-state index contributed by atoms with van der Waals surface area (Å²) in [7, 11) is 0. The summed E-state index contributed by atoms with van der Waals surface area (Å²) in [6, 6.07) is 13.9. The van der Waals surface area contributed by atoms with E-state index in [-0.39, 0.29) is 13.2 Å². The standard InChI is InChI=1S/C31H40O6/c1-8-9-10-13-21-16-17-24-25(18-21)29(35-20-27(33)37-31(5,6)7)23-15-12-11-14-22(23)28(24)34-19-26(32)36-30(2,3)4/h11-12,14-18H,8-10,13,19-20H2,1-7H3. The van der Waals surface area contributed by atoms with Crippen molar-refractivity contribution in [1.82, 2.24) is 0 Å². The Labute approximate surface area is 220 Å². The van der Waals surface area contributed by atoms with Crippen LogP contribution in [-0.4, -0.2) is 36.4 Å². The number of ether oxygens (including phenoxy) is 4. The van der Waals surface area contributed by atoms with Crippen LogP contribution in [0.1, 0.15) is 73.3 Å². The molecule has 37 heavy (non-hydrogen) atoms. The van der Waals surface area contributed by atoms with E-state index < -0.39 is 23.1 Å². The van der Waals surface area contributed by atoms with Gasteiger partial charge in [-0.05, 0) is 66.0 Å². The van der Waals surface area contributed by atoms with E-state index in [0.717, 1.165) is 47.2 Å². The molecule has 3 aromatic carbocycles. The van der Waals surface area contributed by atoms with Crippen LogP contribution in [0.25, 0.3) is 21.5 Å². The molecule has 0 saturated carbocycles. The molecule has 0 fully saturated rings. The summed E-state index contributed by atoms with van der Waals surface area (Å²) in [5.74, 6) is 0.305. The quantitative estimate of drug-likeness (QED) is 0.164.